The summed E-state index contributed by atoms with van der Waals surface area (Å²) in [5.41, 5.74) is 2.82. The molecule has 0 aliphatic rings. The molecular formula is C12H13ClN4. The first-order valence-corrected chi connectivity index (χ1v) is 5.68. The highest BCUT2D eigenvalue weighted by atomic mass is 35.5. The van der Waals surface area contributed by atoms with Crippen LogP contribution in [0.5, 0.6) is 0 Å². The van der Waals surface area contributed by atoms with Gasteiger partial charge >= 0.3 is 0 Å². The number of anilines is 1. The van der Waals surface area contributed by atoms with Gasteiger partial charge in [-0.2, -0.15) is 0 Å². The van der Waals surface area contributed by atoms with Gasteiger partial charge in [0.1, 0.15) is 17.3 Å². The molecule has 0 fully saturated rings. The predicted molar refractivity (Wildman–Crippen MR) is 68.1 cm³/mol. The summed E-state index contributed by atoms with van der Waals surface area (Å²) < 4.78 is 0. The van der Waals surface area contributed by atoms with E-state index in [2.05, 4.69) is 20.3 Å². The first kappa shape index (κ1) is 11.8. The second-order valence-electron chi connectivity index (χ2n) is 3.76. The molecule has 5 heteroatoms. The van der Waals surface area contributed by atoms with Gasteiger partial charge in [0.2, 0.25) is 0 Å². The summed E-state index contributed by atoms with van der Waals surface area (Å²) in [5, 5.41) is 3.67. The molecule has 2 heterocycles. The third-order valence-corrected chi connectivity index (χ3v) is 2.79. The monoisotopic (exact) mass is 248 g/mol. The van der Waals surface area contributed by atoms with Crippen LogP contribution in [0.2, 0.25) is 5.15 Å². The van der Waals surface area contributed by atoms with Crippen molar-refractivity contribution < 1.29 is 0 Å². The van der Waals surface area contributed by atoms with E-state index < -0.39 is 0 Å². The average Bonchev–Trinajstić information content (AvgIpc) is 2.31. The lowest BCUT2D eigenvalue weighted by molar-refractivity contribution is 0.990. The number of pyridine rings is 1. The molecule has 0 bridgehead atoms. The molecule has 0 amide bonds. The zero-order valence-corrected chi connectivity index (χ0v) is 10.5. The van der Waals surface area contributed by atoms with Gasteiger partial charge in [0.15, 0.2) is 0 Å². The molecule has 0 saturated heterocycles. The maximum atomic E-state index is 5.91. The molecule has 0 aliphatic carbocycles. The highest BCUT2D eigenvalue weighted by Gasteiger charge is 2.04. The lowest BCUT2D eigenvalue weighted by atomic mass is 10.3. The Morgan fingerprint density at radius 2 is 2.06 bits per heavy atom. The van der Waals surface area contributed by atoms with Crippen LogP contribution in [0, 0.1) is 13.8 Å². The topological polar surface area (TPSA) is 50.7 Å². The van der Waals surface area contributed by atoms with E-state index in [1.807, 2.05) is 32.0 Å². The molecule has 0 aromatic carbocycles. The molecule has 0 atom stereocenters. The second-order valence-corrected chi connectivity index (χ2v) is 4.12. The lowest BCUT2D eigenvalue weighted by Crippen LogP contribution is -2.05. The van der Waals surface area contributed by atoms with Crippen LogP contribution in [-0.2, 0) is 6.54 Å². The normalized spacial score (nSPS) is 10.3. The Balaban J connectivity index is 2.10. The summed E-state index contributed by atoms with van der Waals surface area (Å²) >= 11 is 5.91. The zero-order chi connectivity index (χ0) is 12.3. The van der Waals surface area contributed by atoms with Gasteiger partial charge in [-0.3, -0.25) is 4.98 Å². The third kappa shape index (κ3) is 2.91. The molecule has 0 radical (unpaired) electrons. The van der Waals surface area contributed by atoms with Crippen LogP contribution < -0.4 is 5.32 Å². The van der Waals surface area contributed by atoms with Crippen LogP contribution in [0.3, 0.4) is 0 Å². The van der Waals surface area contributed by atoms with E-state index in [9.17, 15) is 0 Å². The predicted octanol–water partition coefficient (Wildman–Crippen LogP) is 2.75. The van der Waals surface area contributed by atoms with E-state index in [1.165, 1.54) is 6.33 Å². The van der Waals surface area contributed by atoms with Crippen molar-refractivity contribution in [3.8, 4) is 0 Å². The molecule has 2 rings (SSSR count). The number of nitrogens with zero attached hydrogens (tertiary/aromatic N) is 3. The minimum atomic E-state index is 0.472. The summed E-state index contributed by atoms with van der Waals surface area (Å²) in [6, 6.07) is 5.92. The van der Waals surface area contributed by atoms with Crippen molar-refractivity contribution in [3.05, 3.63) is 46.6 Å². The highest BCUT2D eigenvalue weighted by molar-refractivity contribution is 6.30. The first-order chi connectivity index (χ1) is 8.16. The number of hydrogen-bond donors (Lipinski definition) is 1. The van der Waals surface area contributed by atoms with E-state index >= 15 is 0 Å². The standard InChI is InChI=1S/C12H13ClN4/c1-8-4-3-5-10(17-8)6-14-12-9(2)11(13)15-7-16-12/h3-5,7H,6H2,1-2H3,(H,14,15,16). The molecule has 1 N–H and O–H groups in total. The Hall–Kier alpha value is -1.68. The van der Waals surface area contributed by atoms with Crippen LogP contribution in [0.15, 0.2) is 24.5 Å². The highest BCUT2D eigenvalue weighted by Crippen LogP contribution is 2.18. The SMILES string of the molecule is Cc1cccc(CNc2ncnc(Cl)c2C)n1. The van der Waals surface area contributed by atoms with Gasteiger partial charge in [-0.25, -0.2) is 9.97 Å². The summed E-state index contributed by atoms with van der Waals surface area (Å²) in [5.74, 6) is 0.744. The summed E-state index contributed by atoms with van der Waals surface area (Å²) in [6.07, 6.45) is 1.45. The fraction of sp³-hybridized carbons (Fsp3) is 0.250. The number of rotatable bonds is 3. The lowest BCUT2D eigenvalue weighted by Gasteiger charge is -2.08. The molecule has 17 heavy (non-hydrogen) atoms. The minimum Gasteiger partial charge on any atom is -0.364 e. The van der Waals surface area contributed by atoms with Crippen molar-refractivity contribution in [2.75, 3.05) is 5.32 Å². The van der Waals surface area contributed by atoms with Gasteiger partial charge in [0.25, 0.3) is 0 Å². The van der Waals surface area contributed by atoms with E-state index in [1.54, 1.807) is 0 Å². The number of aryl methyl sites for hydroxylation is 1. The summed E-state index contributed by atoms with van der Waals surface area (Å²) in [7, 11) is 0. The van der Waals surface area contributed by atoms with Gasteiger partial charge in [-0.1, -0.05) is 17.7 Å². The van der Waals surface area contributed by atoms with Gasteiger partial charge in [-0.05, 0) is 26.0 Å². The largest absolute Gasteiger partial charge is 0.364 e. The Morgan fingerprint density at radius 1 is 1.24 bits per heavy atom. The van der Waals surface area contributed by atoms with Crippen molar-refractivity contribution >= 4 is 17.4 Å². The maximum Gasteiger partial charge on any atom is 0.137 e. The molecule has 4 nitrogen and oxygen atoms in total. The Morgan fingerprint density at radius 3 is 2.82 bits per heavy atom. The van der Waals surface area contributed by atoms with E-state index in [0.29, 0.717) is 11.7 Å². The first-order valence-electron chi connectivity index (χ1n) is 5.30. The quantitative estimate of drug-likeness (QED) is 0.849. The van der Waals surface area contributed by atoms with Crippen molar-refractivity contribution in [2.24, 2.45) is 0 Å². The smallest absolute Gasteiger partial charge is 0.137 e. The van der Waals surface area contributed by atoms with Crippen molar-refractivity contribution in [3.63, 3.8) is 0 Å². The number of hydrogen-bond acceptors (Lipinski definition) is 4. The minimum absolute atomic E-state index is 0.472. The molecule has 2 aromatic heterocycles. The number of halogens is 1. The Bertz CT molecular complexity index is 528. The van der Waals surface area contributed by atoms with Gasteiger partial charge in [-0.15, -0.1) is 0 Å². The number of aromatic nitrogens is 3. The van der Waals surface area contributed by atoms with Crippen LogP contribution in [0.1, 0.15) is 17.0 Å². The fourth-order valence-electron chi connectivity index (χ4n) is 1.48. The molecule has 0 saturated carbocycles. The van der Waals surface area contributed by atoms with Crippen molar-refractivity contribution in [2.45, 2.75) is 20.4 Å². The van der Waals surface area contributed by atoms with Crippen LogP contribution >= 0.6 is 11.6 Å². The van der Waals surface area contributed by atoms with Crippen LogP contribution in [-0.4, -0.2) is 15.0 Å². The average molecular weight is 249 g/mol. The Kier molecular flexibility index (Phi) is 3.54. The fourth-order valence-corrected chi connectivity index (χ4v) is 1.61. The molecule has 0 spiro atoms. The van der Waals surface area contributed by atoms with Gasteiger partial charge in [0.05, 0.1) is 12.2 Å². The molecule has 88 valence electrons. The van der Waals surface area contributed by atoms with Crippen molar-refractivity contribution in [1.29, 1.82) is 0 Å². The number of nitrogens with one attached hydrogen (secondary N) is 1. The summed E-state index contributed by atoms with van der Waals surface area (Å²) in [4.78, 5) is 12.5. The van der Waals surface area contributed by atoms with E-state index in [4.69, 9.17) is 11.6 Å². The third-order valence-electron chi connectivity index (χ3n) is 2.41. The van der Waals surface area contributed by atoms with Crippen LogP contribution in [0.4, 0.5) is 5.82 Å². The molecular weight excluding hydrogens is 236 g/mol. The van der Waals surface area contributed by atoms with Crippen molar-refractivity contribution in [1.82, 2.24) is 15.0 Å². The molecule has 0 aliphatic heterocycles. The summed E-state index contributed by atoms with van der Waals surface area (Å²) in [6.45, 7) is 4.47. The van der Waals surface area contributed by atoms with Crippen LogP contribution in [0.25, 0.3) is 0 Å². The molecule has 0 unspecified atom stereocenters. The van der Waals surface area contributed by atoms with E-state index in [0.717, 1.165) is 22.8 Å². The maximum absolute atomic E-state index is 5.91. The van der Waals surface area contributed by atoms with Gasteiger partial charge in [0, 0.05) is 11.3 Å². The van der Waals surface area contributed by atoms with Gasteiger partial charge < -0.3 is 5.32 Å². The zero-order valence-electron chi connectivity index (χ0n) is 9.74. The molecule has 2 aromatic rings. The van der Waals surface area contributed by atoms with E-state index in [-0.39, 0.29) is 0 Å². The Labute approximate surface area is 105 Å². The second kappa shape index (κ2) is 5.10.